The molecule has 1 aliphatic carbocycles. The van der Waals surface area contributed by atoms with Gasteiger partial charge in [-0.15, -0.1) is 0 Å². The van der Waals surface area contributed by atoms with Crippen LogP contribution in [0.3, 0.4) is 0 Å². The highest BCUT2D eigenvalue weighted by molar-refractivity contribution is 5.92. The molecule has 3 fully saturated rings. The molecule has 0 aromatic carbocycles. The van der Waals surface area contributed by atoms with Gasteiger partial charge in [0.05, 0.1) is 0 Å². The van der Waals surface area contributed by atoms with Crippen LogP contribution < -0.4 is 0 Å². The molecular weight excluding hydrogens is 340 g/mol. The van der Waals surface area contributed by atoms with E-state index in [1.807, 2.05) is 0 Å². The number of carboxylic acid groups (broad SMARTS) is 2. The third-order valence-electron chi connectivity index (χ3n) is 6.04. The summed E-state index contributed by atoms with van der Waals surface area (Å²) in [5.74, 6) is -3.57. The second-order valence-corrected chi connectivity index (χ2v) is 7.55. The fourth-order valence-corrected chi connectivity index (χ4v) is 4.72. The number of likely N-dealkylation sites (tertiary alicyclic amines) is 2. The number of amides is 2. The molecule has 1 saturated carbocycles. The fraction of sp³-hybridized carbons (Fsp3) is 0.778. The summed E-state index contributed by atoms with van der Waals surface area (Å²) in [6.07, 6.45) is 4.97. The topological polar surface area (TPSA) is 115 Å². The van der Waals surface area contributed by atoms with Crippen molar-refractivity contribution >= 4 is 23.8 Å². The Morgan fingerprint density at radius 1 is 0.615 bits per heavy atom. The van der Waals surface area contributed by atoms with E-state index in [2.05, 4.69) is 0 Å². The summed E-state index contributed by atoms with van der Waals surface area (Å²) < 4.78 is 0. The number of hydrogen-bond acceptors (Lipinski definition) is 4. The summed E-state index contributed by atoms with van der Waals surface area (Å²) >= 11 is 0. The molecule has 144 valence electrons. The number of carboxylic acids is 2. The van der Waals surface area contributed by atoms with E-state index in [9.17, 15) is 29.4 Å². The molecule has 0 bridgehead atoms. The molecule has 8 nitrogen and oxygen atoms in total. The molecule has 0 aromatic rings. The normalized spacial score (nSPS) is 31.8. The number of aliphatic carboxylic acids is 2. The summed E-state index contributed by atoms with van der Waals surface area (Å²) in [5, 5.41) is 18.7. The molecule has 0 spiro atoms. The summed E-state index contributed by atoms with van der Waals surface area (Å²) in [4.78, 5) is 51.7. The smallest absolute Gasteiger partial charge is 0.326 e. The maximum absolute atomic E-state index is 13.0. The van der Waals surface area contributed by atoms with E-state index in [-0.39, 0.29) is 11.8 Å². The third-order valence-corrected chi connectivity index (χ3v) is 6.04. The first-order valence-corrected chi connectivity index (χ1v) is 9.48. The lowest BCUT2D eigenvalue weighted by atomic mass is 9.77. The number of carbonyl (C=O) groups is 4. The minimum atomic E-state index is -1.000. The Morgan fingerprint density at radius 2 is 1.00 bits per heavy atom. The summed E-state index contributed by atoms with van der Waals surface area (Å²) in [6, 6.07) is -1.61. The van der Waals surface area contributed by atoms with E-state index < -0.39 is 35.9 Å². The van der Waals surface area contributed by atoms with Crippen LogP contribution in [-0.2, 0) is 19.2 Å². The van der Waals surface area contributed by atoms with Gasteiger partial charge >= 0.3 is 11.9 Å². The van der Waals surface area contributed by atoms with Crippen molar-refractivity contribution in [2.24, 2.45) is 11.8 Å². The Morgan fingerprint density at radius 3 is 1.35 bits per heavy atom. The van der Waals surface area contributed by atoms with Crippen LogP contribution in [0.5, 0.6) is 0 Å². The molecular formula is C18H26N2O6. The van der Waals surface area contributed by atoms with E-state index in [0.29, 0.717) is 51.6 Å². The molecule has 0 radical (unpaired) electrons. The number of carbonyl (C=O) groups excluding carboxylic acids is 2. The van der Waals surface area contributed by atoms with Crippen LogP contribution in [0, 0.1) is 11.8 Å². The lowest BCUT2D eigenvalue weighted by Gasteiger charge is -2.36. The first-order valence-electron chi connectivity index (χ1n) is 9.48. The molecule has 3 aliphatic rings. The highest BCUT2D eigenvalue weighted by Gasteiger charge is 2.45. The molecule has 2 heterocycles. The maximum Gasteiger partial charge on any atom is 0.326 e. The van der Waals surface area contributed by atoms with Crippen LogP contribution in [0.15, 0.2) is 0 Å². The van der Waals surface area contributed by atoms with Gasteiger partial charge in [0, 0.05) is 24.9 Å². The molecule has 3 rings (SSSR count). The van der Waals surface area contributed by atoms with Crippen LogP contribution >= 0.6 is 0 Å². The number of rotatable bonds is 4. The summed E-state index contributed by atoms with van der Waals surface area (Å²) in [6.45, 7) is 0.823. The number of nitrogens with zero attached hydrogens (tertiary/aromatic N) is 2. The lowest BCUT2D eigenvalue weighted by molar-refractivity contribution is -0.156. The van der Waals surface area contributed by atoms with Crippen molar-refractivity contribution in [2.45, 2.75) is 63.5 Å². The zero-order chi connectivity index (χ0) is 18.8. The van der Waals surface area contributed by atoms with Crippen molar-refractivity contribution in [1.29, 1.82) is 0 Å². The van der Waals surface area contributed by atoms with Gasteiger partial charge in [0.15, 0.2) is 0 Å². The van der Waals surface area contributed by atoms with E-state index >= 15 is 0 Å². The quantitative estimate of drug-likeness (QED) is 0.765. The first-order chi connectivity index (χ1) is 12.4. The van der Waals surface area contributed by atoms with Gasteiger partial charge in [-0.05, 0) is 38.5 Å². The van der Waals surface area contributed by atoms with Crippen LogP contribution in [0.4, 0.5) is 0 Å². The molecule has 2 saturated heterocycles. The summed E-state index contributed by atoms with van der Waals surface area (Å²) in [7, 11) is 0. The Kier molecular flexibility index (Phi) is 5.48. The molecule has 8 heteroatoms. The minimum Gasteiger partial charge on any atom is -0.480 e. The minimum absolute atomic E-state index is 0.251. The van der Waals surface area contributed by atoms with Crippen molar-refractivity contribution in [3.63, 3.8) is 0 Å². The van der Waals surface area contributed by atoms with Gasteiger partial charge in [-0.2, -0.15) is 0 Å². The maximum atomic E-state index is 13.0. The van der Waals surface area contributed by atoms with Gasteiger partial charge in [0.2, 0.25) is 11.8 Å². The fourth-order valence-electron chi connectivity index (χ4n) is 4.72. The molecule has 2 aliphatic heterocycles. The van der Waals surface area contributed by atoms with Crippen molar-refractivity contribution in [2.75, 3.05) is 13.1 Å². The van der Waals surface area contributed by atoms with Crippen molar-refractivity contribution in [3.8, 4) is 0 Å². The zero-order valence-electron chi connectivity index (χ0n) is 14.8. The van der Waals surface area contributed by atoms with E-state index in [1.165, 1.54) is 9.80 Å². The molecule has 2 N–H and O–H groups in total. The lowest BCUT2D eigenvalue weighted by Crippen LogP contribution is -2.51. The second kappa shape index (κ2) is 7.63. The first kappa shape index (κ1) is 18.7. The van der Waals surface area contributed by atoms with E-state index in [1.54, 1.807) is 0 Å². The molecule has 26 heavy (non-hydrogen) atoms. The zero-order valence-corrected chi connectivity index (χ0v) is 14.8. The van der Waals surface area contributed by atoms with Gasteiger partial charge in [-0.3, -0.25) is 9.59 Å². The molecule has 1 unspecified atom stereocenters. The number of hydrogen-bond donors (Lipinski definition) is 2. The SMILES string of the molecule is O=C(O)C1CCCN1C(=O)[C@H]1CCCC[C@@H]1C(=O)N1CCC[C@@H]1C(=O)O. The van der Waals surface area contributed by atoms with Crippen molar-refractivity contribution in [1.82, 2.24) is 9.80 Å². The predicted molar refractivity (Wildman–Crippen MR) is 90.2 cm³/mol. The van der Waals surface area contributed by atoms with Crippen LogP contribution in [0.25, 0.3) is 0 Å². The molecule has 0 aromatic heterocycles. The average molecular weight is 366 g/mol. The monoisotopic (exact) mass is 366 g/mol. The van der Waals surface area contributed by atoms with Crippen LogP contribution in [-0.4, -0.2) is 68.9 Å². The highest BCUT2D eigenvalue weighted by Crippen LogP contribution is 2.36. The molecule has 4 atom stereocenters. The highest BCUT2D eigenvalue weighted by atomic mass is 16.4. The Labute approximate surface area is 152 Å². The standard InChI is InChI=1S/C18H26N2O6/c21-15(19-9-3-7-13(19)17(23)24)11-5-1-2-6-12(11)16(22)20-10-4-8-14(20)18(25)26/h11-14H,1-10H2,(H,23,24)(H,25,26)/t11-,12-,13+,14?/m0/s1. The largest absolute Gasteiger partial charge is 0.480 e. The van der Waals surface area contributed by atoms with Crippen LogP contribution in [0.2, 0.25) is 0 Å². The predicted octanol–water partition coefficient (Wildman–Crippen LogP) is 0.944. The van der Waals surface area contributed by atoms with E-state index in [0.717, 1.165) is 12.8 Å². The second-order valence-electron chi connectivity index (χ2n) is 7.55. The third kappa shape index (κ3) is 3.41. The molecule has 2 amide bonds. The van der Waals surface area contributed by atoms with Crippen molar-refractivity contribution in [3.05, 3.63) is 0 Å². The van der Waals surface area contributed by atoms with Gasteiger partial charge < -0.3 is 20.0 Å². The Balaban J connectivity index is 1.77. The van der Waals surface area contributed by atoms with E-state index in [4.69, 9.17) is 0 Å². The Hall–Kier alpha value is -2.12. The average Bonchev–Trinajstić information content (AvgIpc) is 3.29. The van der Waals surface area contributed by atoms with Gasteiger partial charge in [-0.25, -0.2) is 9.59 Å². The van der Waals surface area contributed by atoms with Crippen LogP contribution in [0.1, 0.15) is 51.4 Å². The van der Waals surface area contributed by atoms with Crippen molar-refractivity contribution < 1.29 is 29.4 Å². The van der Waals surface area contributed by atoms with Gasteiger partial charge in [0.25, 0.3) is 0 Å². The van der Waals surface area contributed by atoms with Gasteiger partial charge in [-0.1, -0.05) is 12.8 Å². The van der Waals surface area contributed by atoms with Gasteiger partial charge in [0.1, 0.15) is 12.1 Å². The summed E-state index contributed by atoms with van der Waals surface area (Å²) in [5.41, 5.74) is 0. The Bertz CT molecular complexity index is 554.